The fourth-order valence-electron chi connectivity index (χ4n) is 3.46. The van der Waals surface area contributed by atoms with Gasteiger partial charge in [-0.2, -0.15) is 0 Å². The predicted octanol–water partition coefficient (Wildman–Crippen LogP) is 6.28. The molecular weight excluding hydrogens is 290 g/mol. The number of fused-ring (bicyclic) bond motifs is 1. The van der Waals surface area contributed by atoms with Crippen molar-refractivity contribution < 1.29 is 0 Å². The van der Waals surface area contributed by atoms with Crippen LogP contribution in [-0.4, -0.2) is 0 Å². The molecule has 2 atom stereocenters. The molecule has 124 valence electrons. The quantitative estimate of drug-likeness (QED) is 0.597. The van der Waals surface area contributed by atoms with E-state index in [-0.39, 0.29) is 11.5 Å². The van der Waals surface area contributed by atoms with Crippen LogP contribution in [-0.2, 0) is 0 Å². The third kappa shape index (κ3) is 3.52. The number of hydrogen-bond donors (Lipinski definition) is 1. The molecule has 3 rings (SSSR count). The van der Waals surface area contributed by atoms with Crippen LogP contribution < -0.4 is 5.32 Å². The van der Waals surface area contributed by atoms with Crippen LogP contribution in [0.15, 0.2) is 72.8 Å². The first-order valence-electron chi connectivity index (χ1n) is 8.75. The molecule has 0 amide bonds. The summed E-state index contributed by atoms with van der Waals surface area (Å²) in [7, 11) is 0. The van der Waals surface area contributed by atoms with Gasteiger partial charge in [-0.3, -0.25) is 0 Å². The Morgan fingerprint density at radius 2 is 1.38 bits per heavy atom. The lowest BCUT2D eigenvalue weighted by atomic mass is 9.81. The summed E-state index contributed by atoms with van der Waals surface area (Å²) in [6.45, 7) is 9.16. The van der Waals surface area contributed by atoms with Crippen molar-refractivity contribution in [3.8, 4) is 0 Å². The summed E-state index contributed by atoms with van der Waals surface area (Å²) in [6, 6.07) is 26.6. The highest BCUT2D eigenvalue weighted by Crippen LogP contribution is 2.35. The molecule has 0 aromatic heterocycles. The van der Waals surface area contributed by atoms with Crippen LogP contribution in [0.4, 0.5) is 0 Å². The van der Waals surface area contributed by atoms with Gasteiger partial charge in [0.05, 0.1) is 0 Å². The normalized spacial score (nSPS) is 14.5. The molecule has 0 spiro atoms. The lowest BCUT2D eigenvalue weighted by molar-refractivity contribution is 0.254. The third-order valence-electron chi connectivity index (χ3n) is 4.71. The monoisotopic (exact) mass is 317 g/mol. The highest BCUT2D eigenvalue weighted by Gasteiger charge is 2.27. The fraction of sp³-hybridized carbons (Fsp3) is 0.304. The molecule has 0 aliphatic carbocycles. The molecule has 0 fully saturated rings. The lowest BCUT2D eigenvalue weighted by Gasteiger charge is -2.35. The summed E-state index contributed by atoms with van der Waals surface area (Å²) in [4.78, 5) is 0. The smallest absolute Gasteiger partial charge is 0.0374 e. The van der Waals surface area contributed by atoms with Crippen LogP contribution in [0.25, 0.3) is 10.8 Å². The third-order valence-corrected chi connectivity index (χ3v) is 4.71. The molecule has 0 bridgehead atoms. The van der Waals surface area contributed by atoms with Crippen molar-refractivity contribution in [2.75, 3.05) is 0 Å². The largest absolute Gasteiger partial charge is 0.303 e. The molecule has 0 aliphatic heterocycles. The maximum Gasteiger partial charge on any atom is 0.0374 e. The number of benzene rings is 3. The average molecular weight is 317 g/mol. The molecule has 3 aromatic carbocycles. The van der Waals surface area contributed by atoms with Gasteiger partial charge in [-0.05, 0) is 34.2 Å². The van der Waals surface area contributed by atoms with Gasteiger partial charge >= 0.3 is 0 Å². The molecule has 0 saturated heterocycles. The minimum absolute atomic E-state index is 0.139. The molecule has 0 heterocycles. The van der Waals surface area contributed by atoms with E-state index < -0.39 is 0 Å². The zero-order chi connectivity index (χ0) is 17.2. The minimum Gasteiger partial charge on any atom is -0.303 e. The molecule has 0 aliphatic rings. The molecule has 0 saturated carbocycles. The van der Waals surface area contributed by atoms with Crippen LogP contribution in [0.2, 0.25) is 0 Å². The van der Waals surface area contributed by atoms with Gasteiger partial charge in [0.1, 0.15) is 0 Å². The highest BCUT2D eigenvalue weighted by atomic mass is 15.0. The number of nitrogens with one attached hydrogen (secondary N) is 1. The van der Waals surface area contributed by atoms with Gasteiger partial charge in [0.15, 0.2) is 0 Å². The first kappa shape index (κ1) is 16.7. The van der Waals surface area contributed by atoms with E-state index in [0.29, 0.717) is 6.04 Å². The summed E-state index contributed by atoms with van der Waals surface area (Å²) in [6.07, 6.45) is 0. The van der Waals surface area contributed by atoms with E-state index in [4.69, 9.17) is 0 Å². The first-order valence-corrected chi connectivity index (χ1v) is 8.75. The lowest BCUT2D eigenvalue weighted by Crippen LogP contribution is -2.34. The van der Waals surface area contributed by atoms with Crippen molar-refractivity contribution in [3.05, 3.63) is 83.9 Å². The van der Waals surface area contributed by atoms with Gasteiger partial charge in [0.2, 0.25) is 0 Å². The van der Waals surface area contributed by atoms with Gasteiger partial charge < -0.3 is 5.32 Å². The van der Waals surface area contributed by atoms with Gasteiger partial charge in [-0.1, -0.05) is 93.6 Å². The van der Waals surface area contributed by atoms with E-state index in [2.05, 4.69) is 106 Å². The SMILES string of the molecule is C[C@@H](N[C@@H](c1ccccc1)C(C)(C)C)c1cccc2ccccc12. The Bertz CT molecular complexity index is 794. The van der Waals surface area contributed by atoms with E-state index in [1.807, 2.05) is 0 Å². The maximum absolute atomic E-state index is 3.88. The second-order valence-electron chi connectivity index (χ2n) is 7.67. The zero-order valence-electron chi connectivity index (χ0n) is 15.1. The number of rotatable bonds is 4. The first-order chi connectivity index (χ1) is 11.5. The second kappa shape index (κ2) is 6.78. The van der Waals surface area contributed by atoms with Crippen molar-refractivity contribution in [2.45, 2.75) is 39.8 Å². The van der Waals surface area contributed by atoms with Crippen molar-refractivity contribution in [1.29, 1.82) is 0 Å². The molecule has 24 heavy (non-hydrogen) atoms. The van der Waals surface area contributed by atoms with Crippen molar-refractivity contribution in [1.82, 2.24) is 5.32 Å². The Morgan fingerprint density at radius 1 is 0.750 bits per heavy atom. The summed E-state index contributed by atoms with van der Waals surface area (Å²) < 4.78 is 0. The second-order valence-corrected chi connectivity index (χ2v) is 7.67. The van der Waals surface area contributed by atoms with Gasteiger partial charge in [-0.25, -0.2) is 0 Å². The van der Waals surface area contributed by atoms with Gasteiger partial charge in [-0.15, -0.1) is 0 Å². The summed E-state index contributed by atoms with van der Waals surface area (Å²) in [5.74, 6) is 0. The van der Waals surface area contributed by atoms with Crippen LogP contribution in [0.5, 0.6) is 0 Å². The van der Waals surface area contributed by atoms with E-state index >= 15 is 0 Å². The van der Waals surface area contributed by atoms with Crippen LogP contribution in [0.1, 0.15) is 50.9 Å². The van der Waals surface area contributed by atoms with Gasteiger partial charge in [0.25, 0.3) is 0 Å². The van der Waals surface area contributed by atoms with E-state index in [0.717, 1.165) is 0 Å². The fourth-order valence-corrected chi connectivity index (χ4v) is 3.46. The van der Waals surface area contributed by atoms with E-state index in [1.54, 1.807) is 0 Å². The van der Waals surface area contributed by atoms with Crippen molar-refractivity contribution in [2.24, 2.45) is 5.41 Å². The van der Waals surface area contributed by atoms with E-state index in [9.17, 15) is 0 Å². The Hall–Kier alpha value is -2.12. The summed E-state index contributed by atoms with van der Waals surface area (Å²) in [5.41, 5.74) is 2.84. The zero-order valence-corrected chi connectivity index (χ0v) is 15.1. The van der Waals surface area contributed by atoms with Crippen LogP contribution in [0.3, 0.4) is 0 Å². The summed E-state index contributed by atoms with van der Waals surface area (Å²) >= 11 is 0. The maximum atomic E-state index is 3.88. The number of hydrogen-bond acceptors (Lipinski definition) is 1. The van der Waals surface area contributed by atoms with Crippen LogP contribution >= 0.6 is 0 Å². The van der Waals surface area contributed by atoms with Crippen LogP contribution in [0, 0.1) is 5.41 Å². The molecule has 3 aromatic rings. The van der Waals surface area contributed by atoms with Gasteiger partial charge in [0, 0.05) is 12.1 Å². The minimum atomic E-state index is 0.139. The Labute approximate surface area is 145 Å². The van der Waals surface area contributed by atoms with E-state index in [1.165, 1.54) is 21.9 Å². The molecule has 1 N–H and O–H groups in total. The van der Waals surface area contributed by atoms with Crippen molar-refractivity contribution >= 4 is 10.8 Å². The van der Waals surface area contributed by atoms with Crippen molar-refractivity contribution in [3.63, 3.8) is 0 Å². The Morgan fingerprint density at radius 3 is 2.08 bits per heavy atom. The summed E-state index contributed by atoms with van der Waals surface area (Å²) in [5, 5.41) is 6.52. The molecule has 0 radical (unpaired) electrons. The molecular formula is C23H27N. The molecule has 1 nitrogen and oxygen atoms in total. The average Bonchev–Trinajstić information content (AvgIpc) is 2.58. The predicted molar refractivity (Wildman–Crippen MR) is 104 cm³/mol. The Kier molecular flexibility index (Phi) is 4.73. The molecule has 1 heteroatoms. The Balaban J connectivity index is 1.95. The topological polar surface area (TPSA) is 12.0 Å². The highest BCUT2D eigenvalue weighted by molar-refractivity contribution is 5.86. The molecule has 0 unspecified atom stereocenters. The standard InChI is InChI=1S/C23H27N/c1-17(20-16-10-14-18-11-8-9-15-21(18)20)24-22(23(2,3)4)19-12-6-5-7-13-19/h5-17,22,24H,1-4H3/t17-,22+/m1/s1.